The van der Waals surface area contributed by atoms with E-state index in [1.807, 2.05) is 10.9 Å². The molecule has 3 rings (SSSR count). The average molecular weight is 352 g/mol. The molecule has 0 unspecified atom stereocenters. The van der Waals surface area contributed by atoms with Gasteiger partial charge >= 0.3 is 0 Å². The van der Waals surface area contributed by atoms with Gasteiger partial charge in [-0.15, -0.1) is 0 Å². The molecule has 0 aliphatic rings. The monoisotopic (exact) mass is 351 g/mol. The smallest absolute Gasteiger partial charge is 0.148 e. The molecule has 3 aromatic rings. The van der Waals surface area contributed by atoms with Gasteiger partial charge in [0.1, 0.15) is 11.6 Å². The van der Waals surface area contributed by atoms with Crippen molar-refractivity contribution in [1.29, 1.82) is 0 Å². The number of aromatic nitrogens is 3. The van der Waals surface area contributed by atoms with Crippen molar-refractivity contribution in [1.82, 2.24) is 14.3 Å². The minimum absolute atomic E-state index is 0.118. The summed E-state index contributed by atoms with van der Waals surface area (Å²) in [5.41, 5.74) is 0.567. The summed E-state index contributed by atoms with van der Waals surface area (Å²) in [5, 5.41) is 14.6. The van der Waals surface area contributed by atoms with Gasteiger partial charge in [0.15, 0.2) is 0 Å². The molecule has 0 aliphatic carbocycles. The van der Waals surface area contributed by atoms with Gasteiger partial charge < -0.3 is 9.67 Å². The Labute approximate surface area is 129 Å². The van der Waals surface area contributed by atoms with Gasteiger partial charge in [-0.05, 0) is 40.9 Å². The zero-order valence-electron chi connectivity index (χ0n) is 11.3. The molecule has 1 N–H and O–H groups in total. The van der Waals surface area contributed by atoms with Crippen molar-refractivity contribution in [3.05, 3.63) is 47.1 Å². The molecule has 21 heavy (non-hydrogen) atoms. The van der Waals surface area contributed by atoms with Gasteiger partial charge in [-0.25, -0.2) is 4.39 Å². The summed E-state index contributed by atoms with van der Waals surface area (Å²) in [4.78, 5) is 0. The molecule has 2 heterocycles. The molecule has 0 spiro atoms. The predicted molar refractivity (Wildman–Crippen MR) is 82.7 cm³/mol. The van der Waals surface area contributed by atoms with Gasteiger partial charge in [0.05, 0.1) is 16.2 Å². The maximum absolute atomic E-state index is 13.8. The van der Waals surface area contributed by atoms with Crippen molar-refractivity contribution >= 4 is 26.8 Å². The summed E-state index contributed by atoms with van der Waals surface area (Å²) in [6.07, 6.45) is 6.95. The number of hydrogen-bond donors (Lipinski definition) is 1. The molecule has 2 aromatic heterocycles. The Morgan fingerprint density at radius 2 is 2.00 bits per heavy atom. The van der Waals surface area contributed by atoms with Crippen LogP contribution in [-0.2, 0) is 13.1 Å². The van der Waals surface area contributed by atoms with E-state index in [-0.39, 0.29) is 11.6 Å². The lowest BCUT2D eigenvalue weighted by atomic mass is 10.2. The van der Waals surface area contributed by atoms with Crippen LogP contribution in [0.4, 0.5) is 4.39 Å². The highest BCUT2D eigenvalue weighted by Crippen LogP contribution is 2.28. The number of aromatic hydroxyl groups is 1. The number of phenolic OH excluding ortho intramolecular Hbond substituents is 1. The van der Waals surface area contributed by atoms with Crippen LogP contribution in [0, 0.1) is 5.82 Å². The summed E-state index contributed by atoms with van der Waals surface area (Å²) < 4.78 is 18.4. The molecular weight excluding hydrogens is 337 g/mol. The third kappa shape index (κ3) is 2.95. The molecular formula is C15H15BrFN3O. The first-order valence-electron chi connectivity index (χ1n) is 6.79. The molecule has 0 fully saturated rings. The summed E-state index contributed by atoms with van der Waals surface area (Å²) in [5.74, 6) is -0.177. The second-order valence-corrected chi connectivity index (χ2v) is 5.89. The normalized spacial score (nSPS) is 11.3. The Balaban J connectivity index is 1.65. The van der Waals surface area contributed by atoms with E-state index in [1.165, 1.54) is 6.20 Å². The van der Waals surface area contributed by atoms with Crippen LogP contribution < -0.4 is 0 Å². The molecule has 6 heteroatoms. The standard InChI is InChI=1S/C15H15BrFN3O/c16-11-8-18-20(9-11)7-2-1-6-19-10-13(17)12-4-3-5-14(21)15(12)19/h3-5,8-10,21H,1-2,6-7H2. The average Bonchev–Trinajstić information content (AvgIpc) is 3.01. The largest absolute Gasteiger partial charge is 0.506 e. The van der Waals surface area contributed by atoms with Gasteiger partial charge in [-0.2, -0.15) is 5.10 Å². The summed E-state index contributed by atoms with van der Waals surface area (Å²) >= 11 is 3.36. The Kier molecular flexibility index (Phi) is 3.96. The Morgan fingerprint density at radius 3 is 2.76 bits per heavy atom. The van der Waals surface area contributed by atoms with Crippen LogP contribution in [0.25, 0.3) is 10.9 Å². The molecule has 4 nitrogen and oxygen atoms in total. The Bertz CT molecular complexity index is 765. The van der Waals surface area contributed by atoms with E-state index in [0.717, 1.165) is 23.9 Å². The number of rotatable bonds is 5. The van der Waals surface area contributed by atoms with E-state index in [9.17, 15) is 9.50 Å². The second kappa shape index (κ2) is 5.89. The number of phenols is 1. The summed E-state index contributed by atoms with van der Waals surface area (Å²) in [6, 6.07) is 4.92. The molecule has 0 saturated carbocycles. The van der Waals surface area contributed by atoms with Gasteiger partial charge in [-0.1, -0.05) is 6.07 Å². The molecule has 1 aromatic carbocycles. The highest BCUT2D eigenvalue weighted by Gasteiger charge is 2.11. The number of para-hydroxylation sites is 1. The topological polar surface area (TPSA) is 43.0 Å². The van der Waals surface area contributed by atoms with Crippen LogP contribution in [0.5, 0.6) is 5.75 Å². The van der Waals surface area contributed by atoms with Crippen molar-refractivity contribution in [2.75, 3.05) is 0 Å². The predicted octanol–water partition coefficient (Wildman–Crippen LogP) is 3.93. The van der Waals surface area contributed by atoms with E-state index in [4.69, 9.17) is 0 Å². The molecule has 110 valence electrons. The maximum Gasteiger partial charge on any atom is 0.148 e. The van der Waals surface area contributed by atoms with E-state index in [0.29, 0.717) is 17.4 Å². The van der Waals surface area contributed by atoms with Crippen molar-refractivity contribution < 1.29 is 9.50 Å². The summed E-state index contributed by atoms with van der Waals surface area (Å²) in [6.45, 7) is 1.49. The molecule has 0 radical (unpaired) electrons. The number of hydrogen-bond acceptors (Lipinski definition) is 2. The zero-order chi connectivity index (χ0) is 14.8. The fourth-order valence-electron chi connectivity index (χ4n) is 2.49. The number of unbranched alkanes of at least 4 members (excludes halogenated alkanes) is 1. The maximum atomic E-state index is 13.8. The number of nitrogens with zero attached hydrogens (tertiary/aromatic N) is 3. The Hall–Kier alpha value is -1.82. The molecule has 0 aliphatic heterocycles. The molecule has 0 bridgehead atoms. The van der Waals surface area contributed by atoms with Crippen LogP contribution in [0.15, 0.2) is 41.3 Å². The van der Waals surface area contributed by atoms with E-state index >= 15 is 0 Å². The lowest BCUT2D eigenvalue weighted by molar-refractivity contribution is 0.474. The lowest BCUT2D eigenvalue weighted by Crippen LogP contribution is -2.01. The van der Waals surface area contributed by atoms with Crippen LogP contribution in [0.2, 0.25) is 0 Å². The Morgan fingerprint density at radius 1 is 1.19 bits per heavy atom. The van der Waals surface area contributed by atoms with Crippen LogP contribution >= 0.6 is 15.9 Å². The highest BCUT2D eigenvalue weighted by molar-refractivity contribution is 9.10. The van der Waals surface area contributed by atoms with Crippen molar-refractivity contribution in [2.24, 2.45) is 0 Å². The number of halogens is 2. The third-order valence-electron chi connectivity index (χ3n) is 3.47. The van der Waals surface area contributed by atoms with E-state index in [2.05, 4.69) is 21.0 Å². The second-order valence-electron chi connectivity index (χ2n) is 4.97. The van der Waals surface area contributed by atoms with Crippen molar-refractivity contribution in [2.45, 2.75) is 25.9 Å². The number of aryl methyl sites for hydroxylation is 2. The van der Waals surface area contributed by atoms with Gasteiger partial charge in [0.2, 0.25) is 0 Å². The molecule has 0 saturated heterocycles. The summed E-state index contributed by atoms with van der Waals surface area (Å²) in [7, 11) is 0. The third-order valence-corrected chi connectivity index (χ3v) is 3.88. The van der Waals surface area contributed by atoms with Gasteiger partial charge in [0, 0.05) is 30.9 Å². The molecule has 0 atom stereocenters. The van der Waals surface area contributed by atoms with E-state index < -0.39 is 0 Å². The zero-order valence-corrected chi connectivity index (χ0v) is 12.9. The van der Waals surface area contributed by atoms with Gasteiger partial charge in [0.25, 0.3) is 0 Å². The van der Waals surface area contributed by atoms with Crippen molar-refractivity contribution in [3.8, 4) is 5.75 Å². The first-order chi connectivity index (χ1) is 10.1. The minimum atomic E-state index is -0.295. The number of fused-ring (bicyclic) bond motifs is 1. The SMILES string of the molecule is Oc1cccc2c(F)cn(CCCCn3cc(Br)cn3)c12. The van der Waals surface area contributed by atoms with Crippen molar-refractivity contribution in [3.63, 3.8) is 0 Å². The number of benzene rings is 1. The van der Waals surface area contributed by atoms with Gasteiger partial charge in [-0.3, -0.25) is 4.68 Å². The van der Waals surface area contributed by atoms with Crippen LogP contribution in [-0.4, -0.2) is 19.5 Å². The van der Waals surface area contributed by atoms with Crippen LogP contribution in [0.1, 0.15) is 12.8 Å². The first kappa shape index (κ1) is 14.1. The van der Waals surface area contributed by atoms with Crippen LogP contribution in [0.3, 0.4) is 0 Å². The minimum Gasteiger partial charge on any atom is -0.506 e. The molecule has 0 amide bonds. The van der Waals surface area contributed by atoms with E-state index in [1.54, 1.807) is 29.0 Å². The lowest BCUT2D eigenvalue weighted by Gasteiger charge is -2.06. The quantitative estimate of drug-likeness (QED) is 0.707. The highest BCUT2D eigenvalue weighted by atomic mass is 79.9. The fourth-order valence-corrected chi connectivity index (χ4v) is 2.82. The first-order valence-corrected chi connectivity index (χ1v) is 7.59. The fraction of sp³-hybridized carbons (Fsp3) is 0.267.